The molecule has 100 valence electrons. The number of halogens is 1. The van der Waals surface area contributed by atoms with Gasteiger partial charge in [0.2, 0.25) is 5.16 Å². The first kappa shape index (κ1) is 14.0. The molecule has 4 nitrogen and oxygen atoms in total. The van der Waals surface area contributed by atoms with Crippen molar-refractivity contribution in [2.24, 2.45) is 0 Å². The summed E-state index contributed by atoms with van der Waals surface area (Å²) >= 11 is 7.53. The maximum absolute atomic E-state index is 6.00. The Bertz CT molecular complexity index is 597. The number of aromatic amines is 1. The second-order valence-electron chi connectivity index (χ2n) is 4.06. The monoisotopic (exact) mass is 295 g/mol. The summed E-state index contributed by atoms with van der Waals surface area (Å²) in [5.74, 6) is 2.14. The largest absolute Gasteiger partial charge is 0.496 e. The van der Waals surface area contributed by atoms with Gasteiger partial charge in [-0.25, -0.2) is 4.98 Å². The fraction of sp³-hybridized carbons (Fsp3) is 0.231. The fourth-order valence-electron chi connectivity index (χ4n) is 1.48. The van der Waals surface area contributed by atoms with Crippen molar-refractivity contribution in [1.82, 2.24) is 15.2 Å². The lowest BCUT2D eigenvalue weighted by Crippen LogP contribution is -1.89. The third kappa shape index (κ3) is 3.52. The Balaban J connectivity index is 2.27. The van der Waals surface area contributed by atoms with Gasteiger partial charge >= 0.3 is 0 Å². The van der Waals surface area contributed by atoms with Crippen molar-refractivity contribution < 1.29 is 4.74 Å². The fourth-order valence-corrected chi connectivity index (χ4v) is 2.30. The topological polar surface area (TPSA) is 50.8 Å². The molecule has 0 aliphatic rings. The Kier molecular flexibility index (Phi) is 4.50. The van der Waals surface area contributed by atoms with E-state index < -0.39 is 0 Å². The Labute approximate surface area is 121 Å². The lowest BCUT2D eigenvalue weighted by Gasteiger charge is -2.05. The summed E-state index contributed by atoms with van der Waals surface area (Å²) in [6, 6.07) is 5.38. The van der Waals surface area contributed by atoms with Crippen LogP contribution in [-0.2, 0) is 0 Å². The first-order chi connectivity index (χ1) is 9.10. The summed E-state index contributed by atoms with van der Waals surface area (Å²) in [6.07, 6.45) is 0. The van der Waals surface area contributed by atoms with Crippen LogP contribution < -0.4 is 4.74 Å². The van der Waals surface area contributed by atoms with Crippen molar-refractivity contribution in [2.75, 3.05) is 12.9 Å². The lowest BCUT2D eigenvalue weighted by atomic mass is 10.2. The number of aromatic nitrogens is 3. The van der Waals surface area contributed by atoms with E-state index in [1.807, 2.05) is 6.92 Å². The molecule has 1 aromatic carbocycles. The Morgan fingerprint density at radius 3 is 3.00 bits per heavy atom. The summed E-state index contributed by atoms with van der Waals surface area (Å²) in [6.45, 7) is 5.82. The first-order valence-corrected chi connectivity index (χ1v) is 7.00. The predicted molar refractivity (Wildman–Crippen MR) is 78.9 cm³/mol. The van der Waals surface area contributed by atoms with Gasteiger partial charge in [-0.3, -0.25) is 5.10 Å². The molecule has 19 heavy (non-hydrogen) atoms. The zero-order valence-corrected chi connectivity index (χ0v) is 12.3. The van der Waals surface area contributed by atoms with Crippen molar-refractivity contribution in [3.63, 3.8) is 0 Å². The van der Waals surface area contributed by atoms with Crippen LogP contribution in [-0.4, -0.2) is 28.0 Å². The van der Waals surface area contributed by atoms with Crippen molar-refractivity contribution in [2.45, 2.75) is 12.1 Å². The van der Waals surface area contributed by atoms with Gasteiger partial charge in [-0.1, -0.05) is 35.5 Å². The van der Waals surface area contributed by atoms with Crippen LogP contribution in [0.25, 0.3) is 11.4 Å². The highest BCUT2D eigenvalue weighted by atomic mass is 35.5. The van der Waals surface area contributed by atoms with Gasteiger partial charge in [0, 0.05) is 10.8 Å². The minimum atomic E-state index is 0.628. The van der Waals surface area contributed by atoms with Crippen LogP contribution in [0.1, 0.15) is 6.92 Å². The number of hydrogen-bond donors (Lipinski definition) is 1. The molecule has 0 saturated heterocycles. The molecule has 6 heteroatoms. The second kappa shape index (κ2) is 6.12. The molecule has 0 saturated carbocycles. The van der Waals surface area contributed by atoms with Crippen molar-refractivity contribution >= 4 is 23.4 Å². The van der Waals surface area contributed by atoms with E-state index in [0.29, 0.717) is 21.8 Å². The smallest absolute Gasteiger partial charge is 0.209 e. The van der Waals surface area contributed by atoms with E-state index in [1.54, 1.807) is 25.3 Å². The molecule has 1 aromatic heterocycles. The molecule has 0 fully saturated rings. The minimum Gasteiger partial charge on any atom is -0.496 e. The Morgan fingerprint density at radius 1 is 1.53 bits per heavy atom. The highest BCUT2D eigenvalue weighted by Gasteiger charge is 2.11. The standard InChI is InChI=1S/C13H14ClN3OS/c1-8(2)7-19-13-15-12(16-17-13)10-6-9(14)4-5-11(10)18-3/h4-6H,1,7H2,2-3H3,(H,15,16,17). The molecule has 2 rings (SSSR count). The second-order valence-corrected chi connectivity index (χ2v) is 5.44. The average molecular weight is 296 g/mol. The molecule has 0 unspecified atom stereocenters. The van der Waals surface area contributed by atoms with Gasteiger partial charge < -0.3 is 4.74 Å². The van der Waals surface area contributed by atoms with Crippen LogP contribution in [0.4, 0.5) is 0 Å². The van der Waals surface area contributed by atoms with Gasteiger partial charge in [0.05, 0.1) is 12.7 Å². The van der Waals surface area contributed by atoms with Crippen LogP contribution in [0.3, 0.4) is 0 Å². The summed E-state index contributed by atoms with van der Waals surface area (Å²) < 4.78 is 5.29. The number of nitrogens with one attached hydrogen (secondary N) is 1. The van der Waals surface area contributed by atoms with Crippen molar-refractivity contribution in [3.05, 3.63) is 35.4 Å². The van der Waals surface area contributed by atoms with E-state index in [-0.39, 0.29) is 0 Å². The zero-order valence-electron chi connectivity index (χ0n) is 10.7. The van der Waals surface area contributed by atoms with Gasteiger partial charge in [-0.2, -0.15) is 0 Å². The molecular formula is C13H14ClN3OS. The van der Waals surface area contributed by atoms with Crippen LogP contribution in [0, 0.1) is 0 Å². The molecule has 0 bridgehead atoms. The highest BCUT2D eigenvalue weighted by molar-refractivity contribution is 7.99. The minimum absolute atomic E-state index is 0.628. The molecule has 2 aromatic rings. The number of nitrogens with zero attached hydrogens (tertiary/aromatic N) is 2. The number of benzene rings is 1. The molecule has 1 N–H and O–H groups in total. The van der Waals surface area contributed by atoms with Gasteiger partial charge in [0.1, 0.15) is 5.75 Å². The van der Waals surface area contributed by atoms with Gasteiger partial charge in [-0.05, 0) is 25.1 Å². The van der Waals surface area contributed by atoms with Crippen LogP contribution >= 0.6 is 23.4 Å². The quantitative estimate of drug-likeness (QED) is 0.673. The summed E-state index contributed by atoms with van der Waals surface area (Å²) in [4.78, 5) is 4.42. The van der Waals surface area contributed by atoms with E-state index in [2.05, 4.69) is 21.8 Å². The molecule has 0 radical (unpaired) electrons. The number of rotatable bonds is 5. The van der Waals surface area contributed by atoms with Crippen molar-refractivity contribution in [3.8, 4) is 17.1 Å². The number of hydrogen-bond acceptors (Lipinski definition) is 4. The third-order valence-electron chi connectivity index (χ3n) is 2.33. The predicted octanol–water partition coefficient (Wildman–Crippen LogP) is 3.80. The van der Waals surface area contributed by atoms with Crippen LogP contribution in [0.15, 0.2) is 35.5 Å². The average Bonchev–Trinajstić information content (AvgIpc) is 2.85. The van der Waals surface area contributed by atoms with Gasteiger partial charge in [0.15, 0.2) is 5.82 Å². The Morgan fingerprint density at radius 2 is 2.32 bits per heavy atom. The molecule has 0 aliphatic heterocycles. The number of ether oxygens (including phenoxy) is 1. The summed E-state index contributed by atoms with van der Waals surface area (Å²) in [5, 5.41) is 8.36. The Hall–Kier alpha value is -1.46. The van der Waals surface area contributed by atoms with Crippen molar-refractivity contribution in [1.29, 1.82) is 0 Å². The van der Waals surface area contributed by atoms with E-state index in [0.717, 1.165) is 16.9 Å². The van der Waals surface area contributed by atoms with Gasteiger partial charge in [-0.15, -0.1) is 5.10 Å². The van der Waals surface area contributed by atoms with E-state index in [4.69, 9.17) is 16.3 Å². The first-order valence-electron chi connectivity index (χ1n) is 5.63. The normalized spacial score (nSPS) is 10.5. The zero-order chi connectivity index (χ0) is 13.8. The maximum atomic E-state index is 6.00. The molecule has 0 atom stereocenters. The highest BCUT2D eigenvalue weighted by Crippen LogP contribution is 2.31. The van der Waals surface area contributed by atoms with E-state index >= 15 is 0 Å². The number of methoxy groups -OCH3 is 1. The van der Waals surface area contributed by atoms with E-state index in [1.165, 1.54) is 11.8 Å². The third-order valence-corrected chi connectivity index (χ3v) is 3.64. The van der Waals surface area contributed by atoms with Crippen LogP contribution in [0.5, 0.6) is 5.75 Å². The van der Waals surface area contributed by atoms with Crippen LogP contribution in [0.2, 0.25) is 5.02 Å². The lowest BCUT2D eigenvalue weighted by molar-refractivity contribution is 0.416. The molecule has 0 amide bonds. The number of thioether (sulfide) groups is 1. The molecule has 0 aliphatic carbocycles. The number of H-pyrrole nitrogens is 1. The SMILES string of the molecule is C=C(C)CSc1n[nH]c(-c2cc(Cl)ccc2OC)n1. The summed E-state index contributed by atoms with van der Waals surface area (Å²) in [5.41, 5.74) is 1.88. The molecule has 0 spiro atoms. The molecular weight excluding hydrogens is 282 g/mol. The molecule has 1 heterocycles. The van der Waals surface area contributed by atoms with E-state index in [9.17, 15) is 0 Å². The summed E-state index contributed by atoms with van der Waals surface area (Å²) in [7, 11) is 1.61. The van der Waals surface area contributed by atoms with Gasteiger partial charge in [0.25, 0.3) is 0 Å². The maximum Gasteiger partial charge on any atom is 0.209 e.